The summed E-state index contributed by atoms with van der Waals surface area (Å²) in [5, 5.41) is 50.1. The Morgan fingerprint density at radius 1 is 0.525 bits per heavy atom. The van der Waals surface area contributed by atoms with Crippen molar-refractivity contribution in [3.8, 4) is 0 Å². The van der Waals surface area contributed by atoms with Gasteiger partial charge in [-0.15, -0.1) is 0 Å². The third-order valence-corrected chi connectivity index (χ3v) is 11.5. The first-order chi connectivity index (χ1) is 28.4. The molecule has 0 aromatic carbocycles. The molecule has 344 valence electrons. The zero-order valence-corrected chi connectivity index (χ0v) is 37.2. The second-order valence-corrected chi connectivity index (χ2v) is 17.3. The molecule has 6 N–H and O–H groups in total. The number of rotatable bonds is 37. The lowest BCUT2D eigenvalue weighted by atomic mass is 9.85. The number of phosphoric ester groups is 1. The Morgan fingerprint density at radius 2 is 0.949 bits per heavy atom. The Labute approximate surface area is 355 Å². The minimum atomic E-state index is -5.13. The molecule has 0 aliphatic heterocycles. The molecule has 0 heterocycles. The second kappa shape index (κ2) is 35.6. The number of aliphatic hydroxyl groups excluding tert-OH is 5. The molecular weight excluding hydrogens is 779 g/mol. The number of hydrogen-bond acceptors (Lipinski definition) is 12. The van der Waals surface area contributed by atoms with Crippen molar-refractivity contribution in [2.75, 3.05) is 13.2 Å². The van der Waals surface area contributed by atoms with E-state index >= 15 is 0 Å². The fraction of sp³-hybridized carbons (Fsp3) is 0.822. The van der Waals surface area contributed by atoms with Crippen molar-refractivity contribution >= 4 is 19.8 Å². The smallest absolute Gasteiger partial charge is 0.462 e. The molecule has 0 aromatic rings. The Kier molecular flexibility index (Phi) is 33.3. The minimum absolute atomic E-state index is 0.0109. The molecule has 0 radical (unpaired) electrons. The van der Waals surface area contributed by atoms with Crippen molar-refractivity contribution in [3.05, 3.63) is 36.5 Å². The van der Waals surface area contributed by atoms with Gasteiger partial charge in [0.25, 0.3) is 0 Å². The third-order valence-electron chi connectivity index (χ3n) is 10.5. The van der Waals surface area contributed by atoms with Gasteiger partial charge in [-0.1, -0.05) is 147 Å². The summed E-state index contributed by atoms with van der Waals surface area (Å²) in [6, 6.07) is 0. The first-order valence-electron chi connectivity index (χ1n) is 22.8. The molecule has 59 heavy (non-hydrogen) atoms. The molecule has 1 aliphatic rings. The Morgan fingerprint density at radius 3 is 1.49 bits per heavy atom. The van der Waals surface area contributed by atoms with Crippen molar-refractivity contribution in [1.82, 2.24) is 0 Å². The first kappa shape index (κ1) is 55.1. The summed E-state index contributed by atoms with van der Waals surface area (Å²) in [5.41, 5.74) is 0. The number of esters is 2. The highest BCUT2D eigenvalue weighted by atomic mass is 31.2. The predicted molar refractivity (Wildman–Crippen MR) is 230 cm³/mol. The molecule has 0 amide bonds. The number of carbonyl (C=O) groups is 2. The highest BCUT2D eigenvalue weighted by Crippen LogP contribution is 2.47. The SMILES string of the molecule is CCCCC/C=C/C/C=C/CCCCCCCC(=O)OC[C@H](COP(=O)(O)OC1C(O)C(O)C(O)[C@@H](O)C1O)OC(=O)CC/C=C/CCCCCCCCCCCCC. The van der Waals surface area contributed by atoms with Crippen LogP contribution in [-0.2, 0) is 32.7 Å². The molecule has 6 unspecified atom stereocenters. The van der Waals surface area contributed by atoms with Crippen LogP contribution in [0.15, 0.2) is 36.5 Å². The van der Waals surface area contributed by atoms with E-state index in [1.54, 1.807) is 0 Å². The zero-order valence-electron chi connectivity index (χ0n) is 36.3. The van der Waals surface area contributed by atoms with Crippen LogP contribution < -0.4 is 0 Å². The maximum Gasteiger partial charge on any atom is 0.472 e. The number of allylic oxidation sites excluding steroid dienone is 6. The van der Waals surface area contributed by atoms with E-state index < -0.39 is 75.7 Å². The average Bonchev–Trinajstić information content (AvgIpc) is 3.21. The van der Waals surface area contributed by atoms with Crippen LogP contribution in [-0.4, -0.2) is 98.3 Å². The van der Waals surface area contributed by atoms with E-state index in [9.17, 15) is 44.6 Å². The number of hydrogen-bond donors (Lipinski definition) is 6. The van der Waals surface area contributed by atoms with Gasteiger partial charge in [-0.25, -0.2) is 4.57 Å². The summed E-state index contributed by atoms with van der Waals surface area (Å²) in [6.07, 6.45) is 26.4. The van der Waals surface area contributed by atoms with Gasteiger partial charge in [-0.05, 0) is 57.8 Å². The van der Waals surface area contributed by atoms with Gasteiger partial charge in [-0.2, -0.15) is 0 Å². The van der Waals surface area contributed by atoms with E-state index in [0.29, 0.717) is 12.8 Å². The van der Waals surface area contributed by atoms with Crippen LogP contribution in [0, 0.1) is 0 Å². The molecule has 0 spiro atoms. The van der Waals surface area contributed by atoms with Crippen LogP contribution in [0.5, 0.6) is 0 Å². The molecular formula is C45H81O13P. The normalized spacial score (nSPS) is 22.6. The average molecular weight is 861 g/mol. The Hall–Kier alpha value is -1.93. The lowest BCUT2D eigenvalue weighted by Gasteiger charge is -2.41. The molecule has 0 saturated heterocycles. The zero-order chi connectivity index (χ0) is 43.6. The molecule has 0 aromatic heterocycles. The lowest BCUT2D eigenvalue weighted by Crippen LogP contribution is -2.64. The van der Waals surface area contributed by atoms with Crippen LogP contribution in [0.4, 0.5) is 0 Å². The molecule has 0 bridgehead atoms. The van der Waals surface area contributed by atoms with Crippen LogP contribution in [0.2, 0.25) is 0 Å². The predicted octanol–water partition coefficient (Wildman–Crippen LogP) is 8.61. The quantitative estimate of drug-likeness (QED) is 0.0150. The number of aliphatic hydroxyl groups is 5. The van der Waals surface area contributed by atoms with Crippen LogP contribution in [0.3, 0.4) is 0 Å². The third kappa shape index (κ3) is 28.3. The van der Waals surface area contributed by atoms with Gasteiger partial charge < -0.3 is 39.9 Å². The van der Waals surface area contributed by atoms with Gasteiger partial charge in [-0.3, -0.25) is 18.6 Å². The van der Waals surface area contributed by atoms with Crippen LogP contribution >= 0.6 is 7.82 Å². The lowest BCUT2D eigenvalue weighted by molar-refractivity contribution is -0.220. The summed E-state index contributed by atoms with van der Waals surface area (Å²) < 4.78 is 33.4. The summed E-state index contributed by atoms with van der Waals surface area (Å²) in [6.45, 7) is 3.22. The Balaban J connectivity index is 2.50. The van der Waals surface area contributed by atoms with E-state index in [1.165, 1.54) is 83.5 Å². The van der Waals surface area contributed by atoms with E-state index in [4.69, 9.17) is 18.5 Å². The number of ether oxygens (including phenoxy) is 2. The summed E-state index contributed by atoms with van der Waals surface area (Å²) in [7, 11) is -5.13. The molecule has 1 aliphatic carbocycles. The molecule has 14 heteroatoms. The maximum absolute atomic E-state index is 12.8. The maximum atomic E-state index is 12.8. The van der Waals surface area contributed by atoms with Gasteiger partial charge in [0.15, 0.2) is 6.10 Å². The largest absolute Gasteiger partial charge is 0.472 e. The van der Waals surface area contributed by atoms with Crippen molar-refractivity contribution in [3.63, 3.8) is 0 Å². The van der Waals surface area contributed by atoms with E-state index in [-0.39, 0.29) is 12.8 Å². The first-order valence-corrected chi connectivity index (χ1v) is 24.3. The van der Waals surface area contributed by atoms with Crippen LogP contribution in [0.25, 0.3) is 0 Å². The fourth-order valence-corrected chi connectivity index (χ4v) is 7.72. The molecule has 1 saturated carbocycles. The highest BCUT2D eigenvalue weighted by Gasteiger charge is 2.51. The van der Waals surface area contributed by atoms with Crippen molar-refractivity contribution in [1.29, 1.82) is 0 Å². The van der Waals surface area contributed by atoms with Crippen molar-refractivity contribution in [2.24, 2.45) is 0 Å². The number of carbonyl (C=O) groups excluding carboxylic acids is 2. The molecule has 1 fully saturated rings. The summed E-state index contributed by atoms with van der Waals surface area (Å²) in [4.78, 5) is 35.6. The number of phosphoric acid groups is 1. The summed E-state index contributed by atoms with van der Waals surface area (Å²) in [5.74, 6) is -1.17. The number of unbranched alkanes of at least 4 members (excludes halogenated alkanes) is 19. The summed E-state index contributed by atoms with van der Waals surface area (Å²) >= 11 is 0. The van der Waals surface area contributed by atoms with Gasteiger partial charge in [0.05, 0.1) is 6.61 Å². The van der Waals surface area contributed by atoms with E-state index in [2.05, 4.69) is 38.2 Å². The molecule has 1 rings (SSSR count). The fourth-order valence-electron chi connectivity index (χ4n) is 6.75. The van der Waals surface area contributed by atoms with E-state index in [1.807, 2.05) is 12.2 Å². The highest BCUT2D eigenvalue weighted by molar-refractivity contribution is 7.47. The standard InChI is InChI=1S/C45H81O13P/c1-3-5-7-9-11-13-15-17-19-21-23-25-27-29-31-33-38(46)55-35-37(36-56-59(53,54)58-45-43(51)41(49)40(48)42(50)44(45)52)57-39(47)34-32-30-28-26-24-22-20-18-16-14-12-10-8-6-4-2/h11,13,17,19,28,30,37,40-45,48-52H,3-10,12,14-16,18,20-27,29,31-36H2,1-2H3,(H,53,54)/b13-11+,19-17+,30-28+/t37-,40?,41-,42?,43?,44?,45?/m1/s1. The van der Waals surface area contributed by atoms with Crippen molar-refractivity contribution in [2.45, 2.75) is 224 Å². The topological polar surface area (TPSA) is 210 Å². The van der Waals surface area contributed by atoms with Gasteiger partial charge in [0, 0.05) is 12.8 Å². The van der Waals surface area contributed by atoms with Crippen LogP contribution in [0.1, 0.15) is 181 Å². The van der Waals surface area contributed by atoms with E-state index in [0.717, 1.165) is 57.8 Å². The van der Waals surface area contributed by atoms with Gasteiger partial charge >= 0.3 is 19.8 Å². The second-order valence-electron chi connectivity index (χ2n) is 15.9. The monoisotopic (exact) mass is 861 g/mol. The molecule has 8 atom stereocenters. The minimum Gasteiger partial charge on any atom is -0.462 e. The van der Waals surface area contributed by atoms with Gasteiger partial charge in [0.2, 0.25) is 0 Å². The van der Waals surface area contributed by atoms with Gasteiger partial charge in [0.1, 0.15) is 43.2 Å². The van der Waals surface area contributed by atoms with Crippen molar-refractivity contribution < 1.29 is 63.1 Å². The molecule has 13 nitrogen and oxygen atoms in total. The Bertz CT molecular complexity index is 1180.